The molecule has 1 saturated heterocycles. The Bertz CT molecular complexity index is 1120. The Balaban J connectivity index is 1.86. The third-order valence-electron chi connectivity index (χ3n) is 6.77. The first-order valence-electron chi connectivity index (χ1n) is 11.6. The minimum atomic E-state index is -1.08. The second kappa shape index (κ2) is 8.08. The molecular weight excluding hydrogens is 437 g/mol. The molecule has 0 N–H and O–H groups in total. The molecule has 4 rings (SSSR count). The zero-order valence-electron chi connectivity index (χ0n) is 21.2. The van der Waals surface area contributed by atoms with Crippen LogP contribution in [0, 0.1) is 5.82 Å². The molecule has 0 aliphatic carbocycles. The lowest BCUT2D eigenvalue weighted by Gasteiger charge is -2.49. The van der Waals surface area contributed by atoms with Gasteiger partial charge in [-0.15, -0.1) is 0 Å². The van der Waals surface area contributed by atoms with E-state index >= 15 is 4.39 Å². The molecule has 184 valence electrons. The Morgan fingerprint density at radius 1 is 1.15 bits per heavy atom. The molecule has 2 atom stereocenters. The third kappa shape index (κ3) is 3.85. The molecule has 0 saturated carbocycles. The minimum Gasteiger partial charge on any atom is -0.455 e. The highest BCUT2D eigenvalue weighted by Crippen LogP contribution is 2.45. The van der Waals surface area contributed by atoms with Crippen LogP contribution in [0.4, 0.5) is 14.9 Å². The fraction of sp³-hybridized carbons (Fsp3) is 0.560. The molecule has 34 heavy (non-hydrogen) atoms. The van der Waals surface area contributed by atoms with Crippen molar-refractivity contribution in [2.45, 2.75) is 71.7 Å². The Hall–Kier alpha value is -2.94. The number of benzene rings is 1. The van der Waals surface area contributed by atoms with Crippen molar-refractivity contribution < 1.29 is 18.7 Å². The van der Waals surface area contributed by atoms with Gasteiger partial charge >= 0.3 is 12.0 Å². The molecule has 2 aromatic rings. The SMILES string of the molecule is CC1CN(C(=O)N2c3c(F)cccc3-n3cnc(C(=O)OC(C)(C)C)c3C2(C)C)CC(C)N1C. The standard InChI is InChI=1S/C25H34FN5O3/c1-15-12-29(13-16(2)28(15)8)23(33)31-20-17(26)10-9-11-18(20)30-14-27-19(21(30)25(31,6)7)22(32)34-24(3,4)5/h9-11,14-16H,12-13H2,1-8H3. The van der Waals surface area contributed by atoms with Crippen LogP contribution in [-0.4, -0.2) is 69.2 Å². The van der Waals surface area contributed by atoms with E-state index in [-0.39, 0.29) is 29.5 Å². The number of urea groups is 1. The molecular formula is C25H34FN5O3. The Labute approximate surface area is 200 Å². The lowest BCUT2D eigenvalue weighted by molar-refractivity contribution is 0.00600. The van der Waals surface area contributed by atoms with Crippen molar-refractivity contribution in [1.82, 2.24) is 19.4 Å². The van der Waals surface area contributed by atoms with Crippen LogP contribution < -0.4 is 4.90 Å². The topological polar surface area (TPSA) is 70.9 Å². The number of hydrogen-bond donors (Lipinski definition) is 0. The predicted molar refractivity (Wildman–Crippen MR) is 128 cm³/mol. The van der Waals surface area contributed by atoms with E-state index in [1.54, 1.807) is 42.4 Å². The average molecular weight is 472 g/mol. The molecule has 3 heterocycles. The number of halogens is 1. The molecule has 1 aromatic carbocycles. The summed E-state index contributed by atoms with van der Waals surface area (Å²) >= 11 is 0. The maximum absolute atomic E-state index is 15.3. The Morgan fingerprint density at radius 3 is 2.35 bits per heavy atom. The van der Waals surface area contributed by atoms with Crippen LogP contribution in [0.15, 0.2) is 24.5 Å². The summed E-state index contributed by atoms with van der Waals surface area (Å²) in [5.74, 6) is -1.09. The molecule has 0 bridgehead atoms. The first-order valence-corrected chi connectivity index (χ1v) is 11.6. The molecule has 2 aliphatic heterocycles. The van der Waals surface area contributed by atoms with Crippen LogP contribution in [0.25, 0.3) is 5.69 Å². The van der Waals surface area contributed by atoms with Gasteiger partial charge in [0, 0.05) is 25.2 Å². The number of carbonyl (C=O) groups is 2. The number of esters is 1. The Morgan fingerprint density at radius 2 is 1.76 bits per heavy atom. The third-order valence-corrected chi connectivity index (χ3v) is 6.77. The van der Waals surface area contributed by atoms with E-state index in [1.165, 1.54) is 17.3 Å². The van der Waals surface area contributed by atoms with Crippen LogP contribution in [0.3, 0.4) is 0 Å². The number of nitrogens with zero attached hydrogens (tertiary/aromatic N) is 5. The maximum atomic E-state index is 15.3. The van der Waals surface area contributed by atoms with E-state index < -0.39 is 22.9 Å². The summed E-state index contributed by atoms with van der Waals surface area (Å²) in [5.41, 5.74) is -0.545. The number of aromatic nitrogens is 2. The van der Waals surface area contributed by atoms with Gasteiger partial charge in [-0.1, -0.05) is 6.07 Å². The van der Waals surface area contributed by atoms with Gasteiger partial charge in [0.05, 0.1) is 16.9 Å². The lowest BCUT2D eigenvalue weighted by atomic mass is 9.91. The first-order chi connectivity index (χ1) is 15.7. The number of piperazine rings is 1. The van der Waals surface area contributed by atoms with Crippen LogP contribution in [0.1, 0.15) is 64.6 Å². The van der Waals surface area contributed by atoms with Gasteiger partial charge in [0.25, 0.3) is 0 Å². The summed E-state index contributed by atoms with van der Waals surface area (Å²) in [6.07, 6.45) is 1.50. The largest absolute Gasteiger partial charge is 0.455 e. The zero-order chi connectivity index (χ0) is 25.2. The predicted octanol–water partition coefficient (Wildman–Crippen LogP) is 4.17. The average Bonchev–Trinajstić information content (AvgIpc) is 3.18. The second-order valence-corrected chi connectivity index (χ2v) is 10.9. The molecule has 8 nitrogen and oxygen atoms in total. The van der Waals surface area contributed by atoms with Crippen molar-refractivity contribution >= 4 is 17.7 Å². The van der Waals surface area contributed by atoms with Crippen molar-refractivity contribution in [1.29, 1.82) is 0 Å². The highest BCUT2D eigenvalue weighted by molar-refractivity contribution is 5.99. The van der Waals surface area contributed by atoms with Gasteiger partial charge in [0.1, 0.15) is 23.4 Å². The van der Waals surface area contributed by atoms with Gasteiger partial charge in [-0.05, 0) is 67.6 Å². The van der Waals surface area contributed by atoms with Crippen molar-refractivity contribution in [3.8, 4) is 5.69 Å². The number of rotatable bonds is 1. The highest BCUT2D eigenvalue weighted by Gasteiger charge is 2.48. The van der Waals surface area contributed by atoms with Gasteiger partial charge in [0.15, 0.2) is 5.69 Å². The number of anilines is 1. The van der Waals surface area contributed by atoms with Gasteiger partial charge < -0.3 is 9.64 Å². The van der Waals surface area contributed by atoms with Crippen molar-refractivity contribution in [3.63, 3.8) is 0 Å². The van der Waals surface area contributed by atoms with Gasteiger partial charge in [0.2, 0.25) is 0 Å². The summed E-state index contributed by atoms with van der Waals surface area (Å²) in [4.78, 5) is 36.9. The monoisotopic (exact) mass is 471 g/mol. The normalized spacial score (nSPS) is 22.3. The van der Waals surface area contributed by atoms with Crippen LogP contribution in [0.2, 0.25) is 0 Å². The molecule has 2 unspecified atom stereocenters. The molecule has 0 radical (unpaired) electrons. The van der Waals surface area contributed by atoms with Gasteiger partial charge in [-0.2, -0.15) is 0 Å². The number of imidazole rings is 1. The lowest BCUT2D eigenvalue weighted by Crippen LogP contribution is -2.62. The molecule has 9 heteroatoms. The molecule has 2 aliphatic rings. The summed E-state index contributed by atoms with van der Waals surface area (Å²) in [5, 5.41) is 0. The van der Waals surface area contributed by atoms with Crippen LogP contribution in [-0.2, 0) is 10.3 Å². The highest BCUT2D eigenvalue weighted by atomic mass is 19.1. The smallest absolute Gasteiger partial charge is 0.359 e. The first kappa shape index (κ1) is 24.2. The van der Waals surface area contributed by atoms with Crippen molar-refractivity contribution in [3.05, 3.63) is 41.7 Å². The fourth-order valence-electron chi connectivity index (χ4n) is 4.93. The number of hydrogen-bond acceptors (Lipinski definition) is 5. The van der Waals surface area contributed by atoms with E-state index in [0.717, 1.165) is 0 Å². The number of likely N-dealkylation sites (N-methyl/N-ethyl adjacent to an activating group) is 1. The minimum absolute atomic E-state index is 0.118. The fourth-order valence-corrected chi connectivity index (χ4v) is 4.93. The molecule has 0 spiro atoms. The van der Waals surface area contributed by atoms with E-state index in [2.05, 4.69) is 23.7 Å². The molecule has 2 amide bonds. The van der Waals surface area contributed by atoms with Crippen LogP contribution in [0.5, 0.6) is 0 Å². The van der Waals surface area contributed by atoms with Gasteiger partial charge in [-0.3, -0.25) is 14.4 Å². The number of para-hydroxylation sites is 1. The number of carbonyl (C=O) groups excluding carboxylic acids is 2. The Kier molecular flexibility index (Phi) is 5.75. The maximum Gasteiger partial charge on any atom is 0.359 e. The quantitative estimate of drug-likeness (QED) is 0.584. The second-order valence-electron chi connectivity index (χ2n) is 10.9. The summed E-state index contributed by atoms with van der Waals surface area (Å²) in [6, 6.07) is 4.68. The number of amides is 2. The van der Waals surface area contributed by atoms with E-state index in [4.69, 9.17) is 4.74 Å². The van der Waals surface area contributed by atoms with E-state index in [1.807, 2.05) is 20.9 Å². The molecule has 1 fully saturated rings. The summed E-state index contributed by atoms with van der Waals surface area (Å²) < 4.78 is 22.6. The summed E-state index contributed by atoms with van der Waals surface area (Å²) in [6.45, 7) is 14.2. The number of ether oxygens (including phenoxy) is 1. The van der Waals surface area contributed by atoms with E-state index in [0.29, 0.717) is 24.5 Å². The van der Waals surface area contributed by atoms with Crippen molar-refractivity contribution in [2.75, 3.05) is 25.0 Å². The zero-order valence-corrected chi connectivity index (χ0v) is 21.2. The summed E-state index contributed by atoms with van der Waals surface area (Å²) in [7, 11) is 2.04. The van der Waals surface area contributed by atoms with E-state index in [9.17, 15) is 9.59 Å². The molecule has 1 aromatic heterocycles. The number of fused-ring (bicyclic) bond motifs is 3. The van der Waals surface area contributed by atoms with Crippen molar-refractivity contribution in [2.24, 2.45) is 0 Å². The van der Waals surface area contributed by atoms with Crippen LogP contribution >= 0.6 is 0 Å². The van der Waals surface area contributed by atoms with Gasteiger partial charge in [-0.25, -0.2) is 19.0 Å².